The van der Waals surface area contributed by atoms with Gasteiger partial charge in [-0.25, -0.2) is 4.79 Å². The monoisotopic (exact) mass is 431 g/mol. The van der Waals surface area contributed by atoms with Crippen molar-refractivity contribution >= 4 is 35.0 Å². The number of esters is 1. The Labute approximate surface area is 177 Å². The molecule has 0 atom stereocenters. The second-order valence-electron chi connectivity index (χ2n) is 6.10. The highest BCUT2D eigenvalue weighted by atomic mass is 32.2. The summed E-state index contributed by atoms with van der Waals surface area (Å²) in [6.45, 7) is 4.65. The first-order valence-electron chi connectivity index (χ1n) is 9.28. The quantitative estimate of drug-likeness (QED) is 0.455. The van der Waals surface area contributed by atoms with E-state index in [9.17, 15) is 14.4 Å². The molecule has 0 bridgehead atoms. The molecule has 0 unspecified atom stereocenters. The summed E-state index contributed by atoms with van der Waals surface area (Å²) < 4.78 is 21.1. The lowest BCUT2D eigenvalue weighted by atomic mass is 10.2. The lowest BCUT2D eigenvalue weighted by molar-refractivity contribution is -0.123. The van der Waals surface area contributed by atoms with E-state index in [2.05, 4.69) is 4.74 Å². The van der Waals surface area contributed by atoms with Crippen LogP contribution in [0, 0.1) is 0 Å². The number of carbonyl (C=O) groups excluding carboxylic acids is 3. The summed E-state index contributed by atoms with van der Waals surface area (Å²) >= 11 is 0.840. The Morgan fingerprint density at radius 1 is 1.10 bits per heavy atom. The zero-order valence-electron chi connectivity index (χ0n) is 16.8. The van der Waals surface area contributed by atoms with E-state index in [0.717, 1.165) is 16.7 Å². The predicted octanol–water partition coefficient (Wildman–Crippen LogP) is 4.10. The van der Waals surface area contributed by atoms with Gasteiger partial charge in [0.05, 0.1) is 31.8 Å². The highest BCUT2D eigenvalue weighted by Gasteiger charge is 2.35. The van der Waals surface area contributed by atoms with E-state index in [0.29, 0.717) is 36.0 Å². The normalized spacial score (nSPS) is 15.0. The highest BCUT2D eigenvalue weighted by Crippen LogP contribution is 2.35. The number of rotatable bonds is 8. The molecular weight excluding hydrogens is 410 g/mol. The summed E-state index contributed by atoms with van der Waals surface area (Å²) in [6, 6.07) is 8.28. The van der Waals surface area contributed by atoms with Crippen LogP contribution in [0.4, 0.5) is 4.79 Å². The van der Waals surface area contributed by atoms with Crippen LogP contribution in [0.15, 0.2) is 39.7 Å². The lowest BCUT2D eigenvalue weighted by Crippen LogP contribution is -2.27. The van der Waals surface area contributed by atoms with E-state index >= 15 is 0 Å². The zero-order chi connectivity index (χ0) is 21.7. The molecule has 1 aromatic carbocycles. The SMILES string of the molecule is CCOc1ccc(/C=C2/SC(=O)N(Cc3ccc(C(=O)OC)o3)C2=O)cc1OCC. The number of thioether (sulfide) groups is 1. The Hall–Kier alpha value is -3.20. The van der Waals surface area contributed by atoms with Crippen LogP contribution < -0.4 is 9.47 Å². The van der Waals surface area contributed by atoms with Gasteiger partial charge in [0.25, 0.3) is 11.1 Å². The summed E-state index contributed by atoms with van der Waals surface area (Å²) in [5.41, 5.74) is 0.707. The van der Waals surface area contributed by atoms with Crippen molar-refractivity contribution < 1.29 is 33.0 Å². The fraction of sp³-hybridized carbons (Fsp3) is 0.286. The first-order valence-corrected chi connectivity index (χ1v) is 10.1. The number of furan rings is 1. The van der Waals surface area contributed by atoms with Gasteiger partial charge in [0, 0.05) is 0 Å². The molecule has 3 rings (SSSR count). The number of hydrogen-bond donors (Lipinski definition) is 0. The minimum absolute atomic E-state index is 0.00727. The molecule has 1 aromatic heterocycles. The number of carbonyl (C=O) groups is 3. The Morgan fingerprint density at radius 2 is 1.83 bits per heavy atom. The molecule has 9 heteroatoms. The first-order chi connectivity index (χ1) is 14.5. The Kier molecular flexibility index (Phi) is 6.83. The van der Waals surface area contributed by atoms with Gasteiger partial charge in [0.2, 0.25) is 5.76 Å². The van der Waals surface area contributed by atoms with E-state index < -0.39 is 17.1 Å². The standard InChI is InChI=1S/C21H21NO7S/c1-4-27-15-8-6-13(10-17(15)28-5-2)11-18-19(23)22(21(25)30-18)12-14-7-9-16(29-14)20(24)26-3/h6-11H,4-5,12H2,1-3H3/b18-11+. The van der Waals surface area contributed by atoms with Crippen molar-refractivity contribution in [3.8, 4) is 11.5 Å². The molecule has 0 radical (unpaired) electrons. The third-order valence-electron chi connectivity index (χ3n) is 4.10. The van der Waals surface area contributed by atoms with Crippen LogP contribution in [0.5, 0.6) is 11.5 Å². The second-order valence-corrected chi connectivity index (χ2v) is 7.09. The summed E-state index contributed by atoms with van der Waals surface area (Å²) in [5, 5.41) is -0.418. The molecule has 2 aromatic rings. The van der Waals surface area contributed by atoms with Crippen molar-refractivity contribution in [1.82, 2.24) is 4.90 Å². The lowest BCUT2D eigenvalue weighted by Gasteiger charge is -2.11. The largest absolute Gasteiger partial charge is 0.490 e. The molecule has 0 N–H and O–H groups in total. The molecule has 30 heavy (non-hydrogen) atoms. The van der Waals surface area contributed by atoms with Gasteiger partial charge in [-0.2, -0.15) is 0 Å². The van der Waals surface area contributed by atoms with E-state index in [1.165, 1.54) is 19.2 Å². The van der Waals surface area contributed by atoms with Crippen LogP contribution in [-0.4, -0.2) is 42.3 Å². The molecule has 2 heterocycles. The topological polar surface area (TPSA) is 95.3 Å². The van der Waals surface area contributed by atoms with Gasteiger partial charge >= 0.3 is 5.97 Å². The van der Waals surface area contributed by atoms with Gasteiger partial charge in [0.15, 0.2) is 11.5 Å². The van der Waals surface area contributed by atoms with Gasteiger partial charge in [-0.15, -0.1) is 0 Å². The molecule has 2 amide bonds. The minimum Gasteiger partial charge on any atom is -0.490 e. The number of benzene rings is 1. The fourth-order valence-corrected chi connectivity index (χ4v) is 3.61. The third kappa shape index (κ3) is 4.68. The van der Waals surface area contributed by atoms with Crippen LogP contribution in [0.25, 0.3) is 6.08 Å². The van der Waals surface area contributed by atoms with Crippen molar-refractivity contribution in [1.29, 1.82) is 0 Å². The van der Waals surface area contributed by atoms with Crippen molar-refractivity contribution in [2.45, 2.75) is 20.4 Å². The number of nitrogens with zero attached hydrogens (tertiary/aromatic N) is 1. The van der Waals surface area contributed by atoms with E-state index in [4.69, 9.17) is 13.9 Å². The fourth-order valence-electron chi connectivity index (χ4n) is 2.77. The van der Waals surface area contributed by atoms with Crippen LogP contribution in [-0.2, 0) is 16.1 Å². The van der Waals surface area contributed by atoms with Gasteiger partial charge in [-0.1, -0.05) is 6.07 Å². The van der Waals surface area contributed by atoms with Crippen LogP contribution >= 0.6 is 11.8 Å². The van der Waals surface area contributed by atoms with Gasteiger partial charge in [-0.05, 0) is 61.5 Å². The highest BCUT2D eigenvalue weighted by molar-refractivity contribution is 8.18. The van der Waals surface area contributed by atoms with Crippen LogP contribution in [0.3, 0.4) is 0 Å². The van der Waals surface area contributed by atoms with Gasteiger partial charge in [-0.3, -0.25) is 14.5 Å². The van der Waals surface area contributed by atoms with E-state index in [1.807, 2.05) is 13.8 Å². The number of imide groups is 1. The van der Waals surface area contributed by atoms with E-state index in [1.54, 1.807) is 24.3 Å². The molecular formula is C21H21NO7S. The maximum Gasteiger partial charge on any atom is 0.373 e. The summed E-state index contributed by atoms with van der Waals surface area (Å²) in [5.74, 6) is 0.428. The molecule has 0 aliphatic carbocycles. The van der Waals surface area contributed by atoms with Crippen molar-refractivity contribution in [2.75, 3.05) is 20.3 Å². The Bertz CT molecular complexity index is 995. The van der Waals surface area contributed by atoms with Crippen molar-refractivity contribution in [2.24, 2.45) is 0 Å². The minimum atomic E-state index is -0.629. The molecule has 0 saturated carbocycles. The summed E-state index contributed by atoms with van der Waals surface area (Å²) in [6.07, 6.45) is 1.63. The first kappa shape index (κ1) is 21.5. The number of methoxy groups -OCH3 is 1. The molecule has 1 saturated heterocycles. The molecule has 1 aliphatic heterocycles. The van der Waals surface area contributed by atoms with Crippen molar-refractivity contribution in [3.05, 3.63) is 52.3 Å². The molecule has 0 spiro atoms. The smallest absolute Gasteiger partial charge is 0.373 e. The molecule has 158 valence electrons. The number of ether oxygens (including phenoxy) is 3. The van der Waals surface area contributed by atoms with Crippen molar-refractivity contribution in [3.63, 3.8) is 0 Å². The zero-order valence-corrected chi connectivity index (χ0v) is 17.6. The number of hydrogen-bond acceptors (Lipinski definition) is 8. The van der Waals surface area contributed by atoms with Crippen LogP contribution in [0.2, 0.25) is 0 Å². The summed E-state index contributed by atoms with van der Waals surface area (Å²) in [7, 11) is 1.24. The third-order valence-corrected chi connectivity index (χ3v) is 5.01. The maximum absolute atomic E-state index is 12.7. The molecule has 8 nitrogen and oxygen atoms in total. The van der Waals surface area contributed by atoms with Crippen LogP contribution in [0.1, 0.15) is 35.7 Å². The Balaban J connectivity index is 1.78. The average Bonchev–Trinajstić information content (AvgIpc) is 3.30. The summed E-state index contributed by atoms with van der Waals surface area (Å²) in [4.78, 5) is 37.9. The number of amides is 2. The second kappa shape index (κ2) is 9.53. The van der Waals surface area contributed by atoms with Gasteiger partial charge < -0.3 is 18.6 Å². The predicted molar refractivity (Wildman–Crippen MR) is 110 cm³/mol. The maximum atomic E-state index is 12.7. The molecule has 1 fully saturated rings. The average molecular weight is 431 g/mol. The molecule has 1 aliphatic rings. The van der Waals surface area contributed by atoms with Gasteiger partial charge in [0.1, 0.15) is 5.76 Å². The Morgan fingerprint density at radius 3 is 2.53 bits per heavy atom. The van der Waals surface area contributed by atoms with E-state index in [-0.39, 0.29) is 17.2 Å².